The summed E-state index contributed by atoms with van der Waals surface area (Å²) in [5.41, 5.74) is 2.23. The van der Waals surface area contributed by atoms with Crippen LogP contribution >= 0.6 is 11.8 Å². The van der Waals surface area contributed by atoms with Gasteiger partial charge in [0.15, 0.2) is 16.7 Å². The quantitative estimate of drug-likeness (QED) is 0.648. The minimum atomic E-state index is -0.373. The Morgan fingerprint density at radius 2 is 2.00 bits per heavy atom. The Bertz CT molecular complexity index is 975. The molecule has 27 heavy (non-hydrogen) atoms. The van der Waals surface area contributed by atoms with Crippen LogP contribution in [-0.2, 0) is 4.79 Å². The van der Waals surface area contributed by atoms with Crippen molar-refractivity contribution in [2.75, 3.05) is 12.1 Å². The van der Waals surface area contributed by atoms with E-state index in [4.69, 9.17) is 9.47 Å². The minimum absolute atomic E-state index is 0.154. The predicted octanol–water partition coefficient (Wildman–Crippen LogP) is 4.06. The lowest BCUT2D eigenvalue weighted by Gasteiger charge is -2.11. The molecule has 2 heterocycles. The number of carbonyl (C=O) groups excluding carboxylic acids is 1. The van der Waals surface area contributed by atoms with Gasteiger partial charge >= 0.3 is 0 Å². The Morgan fingerprint density at radius 3 is 2.81 bits per heavy atom. The highest BCUT2D eigenvalue weighted by atomic mass is 32.2. The molecule has 1 aliphatic heterocycles. The molecule has 3 aromatic rings. The van der Waals surface area contributed by atoms with Crippen molar-refractivity contribution in [1.29, 1.82) is 0 Å². The van der Waals surface area contributed by atoms with Gasteiger partial charge in [-0.3, -0.25) is 4.79 Å². The number of aromatic nitrogens is 2. The van der Waals surface area contributed by atoms with Crippen LogP contribution in [0.15, 0.2) is 53.8 Å². The number of nitrogens with one attached hydrogen (secondary N) is 2. The van der Waals surface area contributed by atoms with E-state index in [2.05, 4.69) is 15.3 Å². The van der Waals surface area contributed by atoms with Crippen molar-refractivity contribution < 1.29 is 18.7 Å². The van der Waals surface area contributed by atoms with Gasteiger partial charge in [0.05, 0.1) is 17.1 Å². The molecule has 0 fully saturated rings. The summed E-state index contributed by atoms with van der Waals surface area (Å²) >= 11 is 1.31. The standard InChI is InChI=1S/C19H16FN3O3S/c1-11(18(24)22-14-6-7-16-17(8-14)26-10-25-16)27-19-21-9-15(23-19)12-2-4-13(20)5-3-12/h2-9,11H,10H2,1H3,(H,21,23)(H,22,24)/t11-/m1/s1. The van der Waals surface area contributed by atoms with Crippen LogP contribution in [0.1, 0.15) is 6.92 Å². The van der Waals surface area contributed by atoms with E-state index in [1.807, 2.05) is 0 Å². The lowest BCUT2D eigenvalue weighted by Crippen LogP contribution is -2.22. The van der Waals surface area contributed by atoms with Crippen molar-refractivity contribution in [1.82, 2.24) is 9.97 Å². The first kappa shape index (κ1) is 17.4. The predicted molar refractivity (Wildman–Crippen MR) is 100 cm³/mol. The van der Waals surface area contributed by atoms with E-state index in [9.17, 15) is 9.18 Å². The maximum Gasteiger partial charge on any atom is 0.237 e. The molecule has 1 atom stereocenters. The first-order chi connectivity index (χ1) is 13.1. The van der Waals surface area contributed by atoms with Gasteiger partial charge in [-0.2, -0.15) is 0 Å². The molecule has 1 aliphatic rings. The number of halogens is 1. The largest absolute Gasteiger partial charge is 0.454 e. The monoisotopic (exact) mass is 385 g/mol. The van der Waals surface area contributed by atoms with Crippen molar-refractivity contribution >= 4 is 23.4 Å². The zero-order valence-corrected chi connectivity index (χ0v) is 15.2. The fourth-order valence-electron chi connectivity index (χ4n) is 2.58. The molecule has 0 spiro atoms. The number of benzene rings is 2. The zero-order chi connectivity index (χ0) is 18.8. The highest BCUT2D eigenvalue weighted by Crippen LogP contribution is 2.34. The molecule has 8 heteroatoms. The molecule has 6 nitrogen and oxygen atoms in total. The molecule has 0 bridgehead atoms. The van der Waals surface area contributed by atoms with Crippen LogP contribution in [0.4, 0.5) is 10.1 Å². The molecular weight excluding hydrogens is 369 g/mol. The number of aromatic amines is 1. The van der Waals surface area contributed by atoms with Crippen LogP contribution in [0.3, 0.4) is 0 Å². The second-order valence-corrected chi connectivity index (χ2v) is 7.26. The van der Waals surface area contributed by atoms with Crippen molar-refractivity contribution in [3.8, 4) is 22.8 Å². The topological polar surface area (TPSA) is 76.2 Å². The van der Waals surface area contributed by atoms with Crippen LogP contribution in [0.25, 0.3) is 11.3 Å². The average Bonchev–Trinajstić information content (AvgIpc) is 3.31. The SMILES string of the molecule is C[C@@H](Sc1ncc(-c2ccc(F)cc2)[nH]1)C(=O)Nc1ccc2c(c1)OCO2. The molecule has 0 saturated carbocycles. The maximum atomic E-state index is 13.0. The van der Waals surface area contributed by atoms with Crippen LogP contribution in [-0.4, -0.2) is 27.9 Å². The number of anilines is 1. The Hall–Kier alpha value is -3.00. The molecule has 1 amide bonds. The Labute approximate surface area is 159 Å². The summed E-state index contributed by atoms with van der Waals surface area (Å²) in [4.78, 5) is 19.9. The van der Waals surface area contributed by atoms with Gasteiger partial charge in [0.2, 0.25) is 12.7 Å². The number of rotatable bonds is 5. The number of H-pyrrole nitrogens is 1. The summed E-state index contributed by atoms with van der Waals surface area (Å²) < 4.78 is 23.6. The summed E-state index contributed by atoms with van der Waals surface area (Å²) in [6.07, 6.45) is 1.66. The maximum absolute atomic E-state index is 13.0. The molecule has 0 aliphatic carbocycles. The van der Waals surface area contributed by atoms with E-state index in [1.54, 1.807) is 43.5 Å². The van der Waals surface area contributed by atoms with E-state index in [-0.39, 0.29) is 23.8 Å². The Kier molecular flexibility index (Phi) is 4.72. The number of imidazole rings is 1. The molecule has 4 rings (SSSR count). The van der Waals surface area contributed by atoms with Crippen molar-refractivity contribution in [2.45, 2.75) is 17.3 Å². The van der Waals surface area contributed by atoms with Crippen molar-refractivity contribution in [3.63, 3.8) is 0 Å². The summed E-state index contributed by atoms with van der Waals surface area (Å²) in [7, 11) is 0. The number of hydrogen-bond donors (Lipinski definition) is 2. The highest BCUT2D eigenvalue weighted by Gasteiger charge is 2.19. The zero-order valence-electron chi connectivity index (χ0n) is 14.4. The van der Waals surface area contributed by atoms with E-state index in [1.165, 1.54) is 23.9 Å². The van der Waals surface area contributed by atoms with Gasteiger partial charge in [-0.1, -0.05) is 11.8 Å². The lowest BCUT2D eigenvalue weighted by atomic mass is 10.2. The fourth-order valence-corrected chi connectivity index (χ4v) is 3.36. The highest BCUT2D eigenvalue weighted by molar-refractivity contribution is 8.00. The van der Waals surface area contributed by atoms with E-state index in [0.29, 0.717) is 22.3 Å². The molecule has 2 N–H and O–H groups in total. The smallest absolute Gasteiger partial charge is 0.237 e. The van der Waals surface area contributed by atoms with Gasteiger partial charge in [0, 0.05) is 11.8 Å². The second-order valence-electron chi connectivity index (χ2n) is 5.93. The molecule has 2 aromatic carbocycles. The van der Waals surface area contributed by atoms with Gasteiger partial charge < -0.3 is 19.8 Å². The third kappa shape index (κ3) is 3.90. The first-order valence-corrected chi connectivity index (χ1v) is 9.14. The van der Waals surface area contributed by atoms with E-state index >= 15 is 0 Å². The minimum Gasteiger partial charge on any atom is -0.454 e. The number of amides is 1. The van der Waals surface area contributed by atoms with Gasteiger partial charge in [-0.05, 0) is 48.9 Å². The van der Waals surface area contributed by atoms with Gasteiger partial charge in [-0.15, -0.1) is 0 Å². The molecular formula is C19H16FN3O3S. The third-order valence-corrected chi connectivity index (χ3v) is 5.00. The van der Waals surface area contributed by atoms with Gasteiger partial charge in [-0.25, -0.2) is 9.37 Å². The molecule has 138 valence electrons. The van der Waals surface area contributed by atoms with Crippen LogP contribution in [0.2, 0.25) is 0 Å². The van der Waals surface area contributed by atoms with Crippen LogP contribution < -0.4 is 14.8 Å². The van der Waals surface area contributed by atoms with Crippen LogP contribution in [0, 0.1) is 5.82 Å². The number of ether oxygens (including phenoxy) is 2. The first-order valence-electron chi connectivity index (χ1n) is 8.26. The summed E-state index contributed by atoms with van der Waals surface area (Å²) in [5.74, 6) is 0.836. The lowest BCUT2D eigenvalue weighted by molar-refractivity contribution is -0.115. The average molecular weight is 385 g/mol. The van der Waals surface area contributed by atoms with Gasteiger partial charge in [0.1, 0.15) is 5.82 Å². The van der Waals surface area contributed by atoms with E-state index < -0.39 is 0 Å². The number of thioether (sulfide) groups is 1. The molecule has 0 radical (unpaired) electrons. The molecule has 1 aromatic heterocycles. The Morgan fingerprint density at radius 1 is 1.22 bits per heavy atom. The number of hydrogen-bond acceptors (Lipinski definition) is 5. The van der Waals surface area contributed by atoms with Crippen molar-refractivity contribution in [2.24, 2.45) is 0 Å². The summed E-state index contributed by atoms with van der Waals surface area (Å²) in [6.45, 7) is 1.99. The number of fused-ring (bicyclic) bond motifs is 1. The van der Waals surface area contributed by atoms with Gasteiger partial charge in [0.25, 0.3) is 0 Å². The molecule has 0 saturated heterocycles. The molecule has 0 unspecified atom stereocenters. The fraction of sp³-hybridized carbons (Fsp3) is 0.158. The van der Waals surface area contributed by atoms with E-state index in [0.717, 1.165) is 11.3 Å². The third-order valence-electron chi connectivity index (χ3n) is 4.01. The summed E-state index contributed by atoms with van der Waals surface area (Å²) in [5, 5.41) is 3.10. The van der Waals surface area contributed by atoms with Crippen molar-refractivity contribution in [3.05, 3.63) is 54.5 Å². The second kappa shape index (κ2) is 7.32. The summed E-state index contributed by atoms with van der Waals surface area (Å²) in [6, 6.07) is 11.4. The van der Waals surface area contributed by atoms with Crippen LogP contribution in [0.5, 0.6) is 11.5 Å². The normalized spacial score (nSPS) is 13.4. The number of nitrogens with zero attached hydrogens (tertiary/aromatic N) is 1. The Balaban J connectivity index is 1.39. The number of carbonyl (C=O) groups is 1.